The molecule has 0 aromatic heterocycles. The van der Waals surface area contributed by atoms with Crippen LogP contribution in [-0.4, -0.2) is 40.1 Å². The minimum Gasteiger partial charge on any atom is -0.481 e. The van der Waals surface area contributed by atoms with Crippen LogP contribution in [0.2, 0.25) is 0 Å². The van der Waals surface area contributed by atoms with Gasteiger partial charge in [-0.3, -0.25) is 9.59 Å². The number of carbonyl (C=O) groups is 2. The molecular weight excluding hydrogens is 187 g/mol. The third-order valence-electron chi connectivity index (χ3n) is 0.553. The van der Waals surface area contributed by atoms with Crippen LogP contribution in [0.25, 0.3) is 0 Å². The van der Waals surface area contributed by atoms with Gasteiger partial charge in [0.05, 0.1) is 12.8 Å². The van der Waals surface area contributed by atoms with Crippen molar-refractivity contribution in [1.29, 1.82) is 0 Å². The van der Waals surface area contributed by atoms with E-state index < -0.39 is 11.9 Å². The van der Waals surface area contributed by atoms with E-state index in [0.717, 1.165) is 0 Å². The monoisotopic (exact) mass is 193 g/mol. The number of hydrogen-bond acceptors (Lipinski definition) is 2. The molecule has 0 unspecified atom stereocenters. The van der Waals surface area contributed by atoms with Gasteiger partial charge < -0.3 is 10.2 Å². The van der Waals surface area contributed by atoms with Crippen molar-refractivity contribution in [3.63, 3.8) is 0 Å². The van der Waals surface area contributed by atoms with Gasteiger partial charge in [-0.05, 0) is 0 Å². The van der Waals surface area contributed by atoms with E-state index in [1.54, 1.807) is 0 Å². The van der Waals surface area contributed by atoms with Crippen molar-refractivity contribution >= 4 is 29.9 Å². The zero-order chi connectivity index (χ0) is 6.57. The van der Waals surface area contributed by atoms with Crippen LogP contribution in [0.15, 0.2) is 0 Å². The van der Waals surface area contributed by atoms with Gasteiger partial charge in [0.1, 0.15) is 0 Å². The Hall–Kier alpha value is -0.502. The average Bonchev–Trinajstić information content (AvgIpc) is 1.61. The van der Waals surface area contributed by atoms with Crippen LogP contribution in [0.1, 0.15) is 12.8 Å². The van der Waals surface area contributed by atoms with E-state index in [2.05, 4.69) is 0 Å². The fourth-order valence-corrected chi connectivity index (χ4v) is 0.214. The molecule has 0 heterocycles. The van der Waals surface area contributed by atoms with Gasteiger partial charge in [0.2, 0.25) is 0 Å². The Morgan fingerprint density at radius 2 is 1.22 bits per heavy atom. The van der Waals surface area contributed by atoms with Crippen LogP contribution < -0.4 is 0 Å². The molecular formula is C4H6AsO4. The second-order valence-corrected chi connectivity index (χ2v) is 1.29. The van der Waals surface area contributed by atoms with Crippen molar-refractivity contribution in [3.8, 4) is 0 Å². The summed E-state index contributed by atoms with van der Waals surface area (Å²) in [5, 5.41) is 15.8. The van der Waals surface area contributed by atoms with Gasteiger partial charge in [-0.15, -0.1) is 0 Å². The first-order chi connectivity index (χ1) is 3.63. The maximum absolute atomic E-state index is 9.64. The minimum absolute atomic E-state index is 0. The van der Waals surface area contributed by atoms with Crippen LogP contribution >= 0.6 is 0 Å². The van der Waals surface area contributed by atoms with E-state index >= 15 is 0 Å². The molecule has 0 aliphatic heterocycles. The summed E-state index contributed by atoms with van der Waals surface area (Å²) in [7, 11) is 0. The van der Waals surface area contributed by atoms with E-state index in [1.165, 1.54) is 0 Å². The zero-order valence-corrected chi connectivity index (χ0v) is 6.45. The van der Waals surface area contributed by atoms with E-state index in [0.29, 0.717) is 0 Å². The van der Waals surface area contributed by atoms with Crippen molar-refractivity contribution in [1.82, 2.24) is 0 Å². The summed E-state index contributed by atoms with van der Waals surface area (Å²) >= 11 is 0. The summed E-state index contributed by atoms with van der Waals surface area (Å²) in [5.41, 5.74) is 0. The van der Waals surface area contributed by atoms with E-state index in [1.807, 2.05) is 0 Å². The topological polar surface area (TPSA) is 74.6 Å². The molecule has 0 atom stereocenters. The summed E-state index contributed by atoms with van der Waals surface area (Å²) in [5.74, 6) is -2.15. The summed E-state index contributed by atoms with van der Waals surface area (Å²) < 4.78 is 0. The van der Waals surface area contributed by atoms with Gasteiger partial charge in [0.15, 0.2) is 0 Å². The Labute approximate surface area is 63.2 Å². The maximum Gasteiger partial charge on any atom is 0.303 e. The van der Waals surface area contributed by atoms with Crippen molar-refractivity contribution in [2.45, 2.75) is 12.8 Å². The van der Waals surface area contributed by atoms with Crippen molar-refractivity contribution in [3.05, 3.63) is 0 Å². The standard InChI is InChI=1S/C4H6O4.As/c5-3(6)1-2-4(7)8;/h1-2H2,(H,5,6)(H,7,8);. The predicted molar refractivity (Wildman–Crippen MR) is 30.3 cm³/mol. The second kappa shape index (κ2) is 5.63. The zero-order valence-electron chi connectivity index (χ0n) is 4.57. The molecule has 0 aliphatic rings. The molecule has 0 fully saturated rings. The SMILES string of the molecule is O=C(O)CCC(=O)O.[As]. The molecule has 0 saturated heterocycles. The number of hydrogen-bond donors (Lipinski definition) is 2. The first-order valence-electron chi connectivity index (χ1n) is 2.06. The second-order valence-electron chi connectivity index (χ2n) is 1.29. The molecule has 0 saturated carbocycles. The first kappa shape index (κ1) is 11.3. The summed E-state index contributed by atoms with van der Waals surface area (Å²) in [6.45, 7) is 0. The molecule has 3 radical (unpaired) electrons. The summed E-state index contributed by atoms with van der Waals surface area (Å²) in [6, 6.07) is 0. The number of carboxylic acid groups (broad SMARTS) is 2. The van der Waals surface area contributed by atoms with Crippen LogP contribution in [0.5, 0.6) is 0 Å². The molecule has 0 aromatic rings. The Kier molecular flexibility index (Phi) is 7.08. The molecule has 2 N–H and O–H groups in total. The Morgan fingerprint density at radius 1 is 1.00 bits per heavy atom. The maximum atomic E-state index is 9.64. The van der Waals surface area contributed by atoms with Gasteiger partial charge in [0, 0.05) is 18.0 Å². The third kappa shape index (κ3) is 11.2. The number of carboxylic acids is 2. The summed E-state index contributed by atoms with van der Waals surface area (Å²) in [6.07, 6.45) is -0.593. The third-order valence-corrected chi connectivity index (χ3v) is 0.553. The molecule has 0 bridgehead atoms. The van der Waals surface area contributed by atoms with E-state index in [-0.39, 0.29) is 30.8 Å². The number of rotatable bonds is 3. The Bertz CT molecular complexity index is 97.1. The molecule has 0 aromatic carbocycles. The van der Waals surface area contributed by atoms with E-state index in [4.69, 9.17) is 10.2 Å². The molecule has 0 amide bonds. The number of aliphatic carboxylic acids is 2. The van der Waals surface area contributed by atoms with Gasteiger partial charge in [0.25, 0.3) is 0 Å². The average molecular weight is 193 g/mol. The minimum atomic E-state index is -1.08. The molecule has 0 rings (SSSR count). The van der Waals surface area contributed by atoms with Crippen LogP contribution in [-0.2, 0) is 9.59 Å². The predicted octanol–water partition coefficient (Wildman–Crippen LogP) is -0.445. The van der Waals surface area contributed by atoms with Crippen molar-refractivity contribution in [2.24, 2.45) is 0 Å². The fourth-order valence-electron chi connectivity index (χ4n) is 0.214. The van der Waals surface area contributed by atoms with Gasteiger partial charge >= 0.3 is 11.9 Å². The van der Waals surface area contributed by atoms with Gasteiger partial charge in [-0.1, -0.05) is 0 Å². The smallest absolute Gasteiger partial charge is 0.303 e. The Balaban J connectivity index is 0. The van der Waals surface area contributed by atoms with Crippen LogP contribution in [0, 0.1) is 0 Å². The molecule has 4 nitrogen and oxygen atoms in total. The largest absolute Gasteiger partial charge is 0.481 e. The first-order valence-corrected chi connectivity index (χ1v) is 2.06. The Morgan fingerprint density at radius 3 is 1.33 bits per heavy atom. The van der Waals surface area contributed by atoms with Gasteiger partial charge in [-0.25, -0.2) is 0 Å². The molecule has 9 heavy (non-hydrogen) atoms. The molecule has 5 heteroatoms. The van der Waals surface area contributed by atoms with Crippen LogP contribution in [0.3, 0.4) is 0 Å². The fraction of sp³-hybridized carbons (Fsp3) is 0.500. The van der Waals surface area contributed by atoms with Crippen LogP contribution in [0.4, 0.5) is 0 Å². The van der Waals surface area contributed by atoms with Gasteiger partial charge in [-0.2, -0.15) is 0 Å². The molecule has 51 valence electrons. The molecule has 0 spiro atoms. The van der Waals surface area contributed by atoms with Crippen molar-refractivity contribution < 1.29 is 19.8 Å². The quantitative estimate of drug-likeness (QED) is 0.595. The molecule has 0 aliphatic carbocycles. The summed E-state index contributed by atoms with van der Waals surface area (Å²) in [4.78, 5) is 19.3. The van der Waals surface area contributed by atoms with Crippen molar-refractivity contribution in [2.75, 3.05) is 0 Å². The van der Waals surface area contributed by atoms with E-state index in [9.17, 15) is 9.59 Å². The normalized spacial score (nSPS) is 7.56.